The highest BCUT2D eigenvalue weighted by Crippen LogP contribution is 2.41. The van der Waals surface area contributed by atoms with Crippen LogP contribution < -0.4 is 0 Å². The predicted molar refractivity (Wildman–Crippen MR) is 69.7 cm³/mol. The summed E-state index contributed by atoms with van der Waals surface area (Å²) >= 11 is 0. The summed E-state index contributed by atoms with van der Waals surface area (Å²) in [4.78, 5) is 0. The molecule has 17 heavy (non-hydrogen) atoms. The maximum atomic E-state index is 10.6. The summed E-state index contributed by atoms with van der Waals surface area (Å²) < 4.78 is 0. The van der Waals surface area contributed by atoms with Crippen LogP contribution in [0.4, 0.5) is 0 Å². The van der Waals surface area contributed by atoms with Crippen LogP contribution in [0.15, 0.2) is 0 Å². The van der Waals surface area contributed by atoms with E-state index >= 15 is 0 Å². The van der Waals surface area contributed by atoms with Gasteiger partial charge in [-0.2, -0.15) is 0 Å². The Morgan fingerprint density at radius 1 is 1.00 bits per heavy atom. The molecule has 0 aromatic rings. The number of hydrogen-bond donors (Lipinski definition) is 2. The Bertz CT molecular complexity index is 243. The lowest BCUT2D eigenvalue weighted by atomic mass is 9.69. The Labute approximate surface area is 105 Å². The summed E-state index contributed by atoms with van der Waals surface area (Å²) in [6, 6.07) is 0. The van der Waals surface area contributed by atoms with E-state index in [1.807, 2.05) is 0 Å². The van der Waals surface area contributed by atoms with Crippen LogP contribution in [-0.2, 0) is 0 Å². The second kappa shape index (κ2) is 5.27. The Morgan fingerprint density at radius 2 is 1.65 bits per heavy atom. The molecule has 100 valence electrons. The van der Waals surface area contributed by atoms with Crippen molar-refractivity contribution in [3.05, 3.63) is 0 Å². The van der Waals surface area contributed by atoms with Crippen LogP contribution in [0.3, 0.4) is 0 Å². The van der Waals surface area contributed by atoms with Gasteiger partial charge in [-0.1, -0.05) is 26.7 Å². The van der Waals surface area contributed by atoms with Crippen molar-refractivity contribution in [2.45, 2.75) is 76.9 Å². The van der Waals surface area contributed by atoms with Crippen LogP contribution in [0, 0.1) is 17.8 Å². The molecule has 0 saturated heterocycles. The minimum absolute atomic E-state index is 0.331. The molecule has 0 heterocycles. The van der Waals surface area contributed by atoms with Crippen molar-refractivity contribution in [1.29, 1.82) is 0 Å². The molecule has 2 fully saturated rings. The molecular formula is C15H28O2. The van der Waals surface area contributed by atoms with Crippen molar-refractivity contribution in [3.8, 4) is 0 Å². The molecule has 0 aromatic carbocycles. The zero-order valence-corrected chi connectivity index (χ0v) is 11.4. The minimum Gasteiger partial charge on any atom is -0.390 e. The van der Waals surface area contributed by atoms with Crippen molar-refractivity contribution in [1.82, 2.24) is 0 Å². The van der Waals surface area contributed by atoms with Crippen LogP contribution in [0.1, 0.15) is 65.2 Å². The first kappa shape index (κ1) is 13.4. The molecule has 2 rings (SSSR count). The molecular weight excluding hydrogens is 212 g/mol. The van der Waals surface area contributed by atoms with Crippen molar-refractivity contribution >= 4 is 0 Å². The van der Waals surface area contributed by atoms with Crippen molar-refractivity contribution in [3.63, 3.8) is 0 Å². The van der Waals surface area contributed by atoms with Crippen molar-refractivity contribution < 1.29 is 10.2 Å². The van der Waals surface area contributed by atoms with Crippen molar-refractivity contribution in [2.24, 2.45) is 17.8 Å². The lowest BCUT2D eigenvalue weighted by Crippen LogP contribution is -2.49. The second-order valence-corrected chi connectivity index (χ2v) is 6.76. The molecule has 2 aliphatic rings. The van der Waals surface area contributed by atoms with Gasteiger partial charge in [-0.05, 0) is 56.3 Å². The Hall–Kier alpha value is -0.0800. The molecule has 0 radical (unpaired) electrons. The molecule has 0 spiro atoms. The van der Waals surface area contributed by atoms with Gasteiger partial charge in [0.2, 0.25) is 0 Å². The summed E-state index contributed by atoms with van der Waals surface area (Å²) in [6.45, 7) is 4.51. The van der Waals surface area contributed by atoms with E-state index in [0.29, 0.717) is 11.8 Å². The summed E-state index contributed by atoms with van der Waals surface area (Å²) in [7, 11) is 0. The summed E-state index contributed by atoms with van der Waals surface area (Å²) in [6.07, 6.45) is 7.93. The normalized spacial score (nSPS) is 45.5. The van der Waals surface area contributed by atoms with Gasteiger partial charge in [0.25, 0.3) is 0 Å². The molecule has 2 N–H and O–H groups in total. The van der Waals surface area contributed by atoms with Crippen LogP contribution in [-0.4, -0.2) is 21.9 Å². The van der Waals surface area contributed by atoms with Crippen LogP contribution in [0.5, 0.6) is 0 Å². The number of hydrogen-bond acceptors (Lipinski definition) is 2. The van der Waals surface area contributed by atoms with E-state index < -0.39 is 11.7 Å². The van der Waals surface area contributed by atoms with E-state index in [4.69, 9.17) is 0 Å². The fourth-order valence-corrected chi connectivity index (χ4v) is 3.76. The van der Waals surface area contributed by atoms with E-state index in [1.54, 1.807) is 0 Å². The molecule has 3 unspecified atom stereocenters. The maximum absolute atomic E-state index is 10.6. The smallest absolute Gasteiger partial charge is 0.0908 e. The molecule has 2 saturated carbocycles. The molecule has 0 bridgehead atoms. The Morgan fingerprint density at radius 3 is 2.24 bits per heavy atom. The third-order valence-corrected chi connectivity index (χ3v) is 5.11. The highest BCUT2D eigenvalue weighted by Gasteiger charge is 2.42. The standard InChI is InChI=1S/C15H28O2/c1-11-6-8-15(17,9-7-11)14(16)13-5-3-4-12(2)10-13/h11-14,16-17H,3-10H2,1-2H3. The third kappa shape index (κ3) is 3.03. The highest BCUT2D eigenvalue weighted by molar-refractivity contribution is 4.94. The van der Waals surface area contributed by atoms with E-state index in [0.717, 1.165) is 44.4 Å². The fraction of sp³-hybridized carbons (Fsp3) is 1.00. The zero-order chi connectivity index (χ0) is 12.5. The van der Waals surface area contributed by atoms with E-state index in [-0.39, 0.29) is 0 Å². The van der Waals surface area contributed by atoms with Crippen LogP contribution >= 0.6 is 0 Å². The average molecular weight is 240 g/mol. The van der Waals surface area contributed by atoms with Gasteiger partial charge in [-0.25, -0.2) is 0 Å². The molecule has 0 aliphatic heterocycles. The minimum atomic E-state index is -0.783. The molecule has 3 atom stereocenters. The van der Waals surface area contributed by atoms with Crippen molar-refractivity contribution in [2.75, 3.05) is 0 Å². The van der Waals surface area contributed by atoms with Crippen LogP contribution in [0.2, 0.25) is 0 Å². The number of rotatable bonds is 2. The SMILES string of the molecule is CC1CCC(O)(C(O)C2CCCC(C)C2)CC1. The summed E-state index contributed by atoms with van der Waals surface area (Å²) in [5, 5.41) is 21.2. The van der Waals surface area contributed by atoms with Crippen LogP contribution in [0.25, 0.3) is 0 Å². The average Bonchev–Trinajstić information content (AvgIpc) is 2.32. The van der Waals surface area contributed by atoms with Gasteiger partial charge in [0.1, 0.15) is 0 Å². The first-order valence-electron chi connectivity index (χ1n) is 7.42. The Kier molecular flexibility index (Phi) is 4.14. The summed E-state index contributed by atoms with van der Waals surface area (Å²) in [5.74, 6) is 1.76. The van der Waals surface area contributed by atoms with E-state index in [2.05, 4.69) is 13.8 Å². The number of aliphatic hydroxyl groups excluding tert-OH is 1. The van der Waals surface area contributed by atoms with Gasteiger partial charge in [0.05, 0.1) is 11.7 Å². The maximum Gasteiger partial charge on any atom is 0.0908 e. The fourth-order valence-electron chi connectivity index (χ4n) is 3.76. The molecule has 0 amide bonds. The monoisotopic (exact) mass is 240 g/mol. The lowest BCUT2D eigenvalue weighted by Gasteiger charge is -2.43. The van der Waals surface area contributed by atoms with E-state index in [9.17, 15) is 10.2 Å². The topological polar surface area (TPSA) is 40.5 Å². The van der Waals surface area contributed by atoms with Gasteiger partial charge in [0, 0.05) is 0 Å². The predicted octanol–water partition coefficient (Wildman–Crippen LogP) is 3.11. The number of aliphatic hydroxyl groups is 2. The highest BCUT2D eigenvalue weighted by atomic mass is 16.3. The van der Waals surface area contributed by atoms with Gasteiger partial charge in [0.15, 0.2) is 0 Å². The van der Waals surface area contributed by atoms with Gasteiger partial charge in [-0.3, -0.25) is 0 Å². The third-order valence-electron chi connectivity index (χ3n) is 5.11. The molecule has 0 aromatic heterocycles. The Balaban J connectivity index is 1.95. The molecule has 2 heteroatoms. The zero-order valence-electron chi connectivity index (χ0n) is 11.4. The first-order valence-corrected chi connectivity index (χ1v) is 7.42. The van der Waals surface area contributed by atoms with Gasteiger partial charge < -0.3 is 10.2 Å². The molecule has 2 aliphatic carbocycles. The second-order valence-electron chi connectivity index (χ2n) is 6.76. The largest absolute Gasteiger partial charge is 0.390 e. The van der Waals surface area contributed by atoms with Gasteiger partial charge in [-0.15, -0.1) is 0 Å². The molecule has 2 nitrogen and oxygen atoms in total. The van der Waals surface area contributed by atoms with Gasteiger partial charge >= 0.3 is 0 Å². The first-order chi connectivity index (χ1) is 8.01. The lowest BCUT2D eigenvalue weighted by molar-refractivity contribution is -0.132. The van der Waals surface area contributed by atoms with E-state index in [1.165, 1.54) is 12.8 Å². The quantitative estimate of drug-likeness (QED) is 0.778. The summed E-state index contributed by atoms with van der Waals surface area (Å²) in [5.41, 5.74) is -0.783.